The molecule has 26 heavy (non-hydrogen) atoms. The number of nitrogens with zero attached hydrogens (tertiary/aromatic N) is 1. The second-order valence-corrected chi connectivity index (χ2v) is 8.00. The van der Waals surface area contributed by atoms with Crippen LogP contribution in [0.1, 0.15) is 26.2 Å². The summed E-state index contributed by atoms with van der Waals surface area (Å²) >= 11 is 7.94. The number of carboxylic acids is 1. The van der Waals surface area contributed by atoms with Gasteiger partial charge >= 0.3 is 12.0 Å². The molecule has 0 aliphatic carbocycles. The van der Waals surface area contributed by atoms with Crippen LogP contribution in [-0.2, 0) is 4.79 Å². The summed E-state index contributed by atoms with van der Waals surface area (Å²) in [5, 5.41) is 14.9. The van der Waals surface area contributed by atoms with Crippen molar-refractivity contribution in [3.05, 3.63) is 23.2 Å². The lowest BCUT2D eigenvalue weighted by Gasteiger charge is -2.32. The zero-order valence-electron chi connectivity index (χ0n) is 15.1. The van der Waals surface area contributed by atoms with Crippen molar-refractivity contribution in [3.8, 4) is 0 Å². The highest BCUT2D eigenvalue weighted by molar-refractivity contribution is 7.98. The van der Waals surface area contributed by atoms with Crippen molar-refractivity contribution in [3.63, 3.8) is 0 Å². The molecule has 8 heteroatoms. The van der Waals surface area contributed by atoms with Gasteiger partial charge in [0.2, 0.25) is 0 Å². The molecule has 0 radical (unpaired) electrons. The maximum atomic E-state index is 12.1. The normalized spacial score (nSPS) is 16.2. The standard InChI is InChI=1S/C18H26ClN3O3S/c1-12-5-8-22(9-6-12)16-4-3-13(11-14(16)19)20-18(25)21-15(17(23)24)7-10-26-2/h3-4,11-12,15H,5-10H2,1-2H3,(H,23,24)(H2,20,21,25). The van der Waals surface area contributed by atoms with Crippen LogP contribution in [0.15, 0.2) is 18.2 Å². The van der Waals surface area contributed by atoms with E-state index in [0.29, 0.717) is 22.9 Å². The maximum absolute atomic E-state index is 12.1. The molecule has 1 unspecified atom stereocenters. The van der Waals surface area contributed by atoms with Gasteiger partial charge in [-0.05, 0) is 55.4 Å². The number of thioether (sulfide) groups is 1. The van der Waals surface area contributed by atoms with Gasteiger partial charge in [0.05, 0.1) is 10.7 Å². The van der Waals surface area contributed by atoms with E-state index in [0.717, 1.165) is 37.5 Å². The maximum Gasteiger partial charge on any atom is 0.326 e. The van der Waals surface area contributed by atoms with Gasteiger partial charge in [0, 0.05) is 18.8 Å². The van der Waals surface area contributed by atoms with Crippen molar-refractivity contribution >= 4 is 46.7 Å². The number of carboxylic acid groups (broad SMARTS) is 1. The fourth-order valence-corrected chi connectivity index (χ4v) is 3.68. The Morgan fingerprint density at radius 3 is 2.65 bits per heavy atom. The summed E-state index contributed by atoms with van der Waals surface area (Å²) in [6.45, 7) is 4.21. The highest BCUT2D eigenvalue weighted by atomic mass is 35.5. The predicted octanol–water partition coefficient (Wildman–Crippen LogP) is 3.90. The van der Waals surface area contributed by atoms with Crippen molar-refractivity contribution in [2.24, 2.45) is 5.92 Å². The zero-order valence-corrected chi connectivity index (χ0v) is 16.7. The molecule has 1 saturated heterocycles. The zero-order chi connectivity index (χ0) is 19.1. The summed E-state index contributed by atoms with van der Waals surface area (Å²) in [6.07, 6.45) is 4.55. The molecule has 1 aromatic rings. The molecule has 1 aliphatic rings. The molecule has 0 bridgehead atoms. The van der Waals surface area contributed by atoms with Crippen LogP contribution >= 0.6 is 23.4 Å². The Hall–Kier alpha value is -1.60. The second-order valence-electron chi connectivity index (χ2n) is 6.61. The molecular formula is C18H26ClN3O3S. The molecule has 2 rings (SSSR count). The Morgan fingerprint density at radius 2 is 2.08 bits per heavy atom. The first-order chi connectivity index (χ1) is 12.4. The van der Waals surface area contributed by atoms with Crippen molar-refractivity contribution in [1.82, 2.24) is 5.32 Å². The van der Waals surface area contributed by atoms with E-state index in [9.17, 15) is 14.7 Å². The highest BCUT2D eigenvalue weighted by Gasteiger charge is 2.20. The van der Waals surface area contributed by atoms with Crippen LogP contribution in [0.5, 0.6) is 0 Å². The van der Waals surface area contributed by atoms with Crippen LogP contribution in [0, 0.1) is 5.92 Å². The van der Waals surface area contributed by atoms with E-state index < -0.39 is 18.0 Å². The molecule has 3 N–H and O–H groups in total. The number of urea groups is 1. The first-order valence-corrected chi connectivity index (χ1v) is 10.5. The van der Waals surface area contributed by atoms with Crippen molar-refractivity contribution in [2.45, 2.75) is 32.2 Å². The van der Waals surface area contributed by atoms with Gasteiger partial charge in [-0.15, -0.1) is 0 Å². The monoisotopic (exact) mass is 399 g/mol. The number of rotatable bonds is 7. The van der Waals surface area contributed by atoms with E-state index in [4.69, 9.17) is 11.6 Å². The summed E-state index contributed by atoms with van der Waals surface area (Å²) < 4.78 is 0. The lowest BCUT2D eigenvalue weighted by atomic mass is 9.99. The number of hydrogen-bond donors (Lipinski definition) is 3. The minimum absolute atomic E-state index is 0.372. The third kappa shape index (κ3) is 5.99. The van der Waals surface area contributed by atoms with E-state index in [1.165, 1.54) is 11.8 Å². The van der Waals surface area contributed by atoms with Crippen molar-refractivity contribution in [2.75, 3.05) is 35.3 Å². The van der Waals surface area contributed by atoms with Crippen molar-refractivity contribution < 1.29 is 14.7 Å². The number of hydrogen-bond acceptors (Lipinski definition) is 4. The molecular weight excluding hydrogens is 374 g/mol. The lowest BCUT2D eigenvalue weighted by Crippen LogP contribution is -2.43. The minimum atomic E-state index is -1.04. The predicted molar refractivity (Wildman–Crippen MR) is 109 cm³/mol. The SMILES string of the molecule is CSCCC(NC(=O)Nc1ccc(N2CCC(C)CC2)c(Cl)c1)C(=O)O. The fourth-order valence-electron chi connectivity index (χ4n) is 2.91. The van der Waals surface area contributed by atoms with Crippen LogP contribution in [0.2, 0.25) is 5.02 Å². The topological polar surface area (TPSA) is 81.7 Å². The molecule has 6 nitrogen and oxygen atoms in total. The number of anilines is 2. The first kappa shape index (κ1) is 20.7. The van der Waals surface area contributed by atoms with Crippen molar-refractivity contribution in [1.29, 1.82) is 0 Å². The summed E-state index contributed by atoms with van der Waals surface area (Å²) in [4.78, 5) is 25.5. The van der Waals surface area contributed by atoms with E-state index in [1.54, 1.807) is 12.1 Å². The Labute approximate surface area is 163 Å². The number of benzene rings is 1. The summed E-state index contributed by atoms with van der Waals surface area (Å²) in [5.41, 5.74) is 1.50. The molecule has 0 saturated carbocycles. The molecule has 2 amide bonds. The van der Waals surface area contributed by atoms with Gasteiger partial charge in [0.25, 0.3) is 0 Å². The van der Waals surface area contributed by atoms with Gasteiger partial charge in [-0.25, -0.2) is 9.59 Å². The third-order valence-electron chi connectivity index (χ3n) is 4.54. The lowest BCUT2D eigenvalue weighted by molar-refractivity contribution is -0.139. The first-order valence-electron chi connectivity index (χ1n) is 8.74. The van der Waals surface area contributed by atoms with Crippen LogP contribution in [0.4, 0.5) is 16.2 Å². The van der Waals surface area contributed by atoms with Crippen LogP contribution in [0.3, 0.4) is 0 Å². The van der Waals surface area contributed by atoms with Gasteiger partial charge < -0.3 is 20.6 Å². The minimum Gasteiger partial charge on any atom is -0.480 e. The van der Waals surface area contributed by atoms with Crippen LogP contribution in [-0.4, -0.2) is 48.2 Å². The second kappa shape index (κ2) is 9.92. The van der Waals surface area contributed by atoms with E-state index >= 15 is 0 Å². The average molecular weight is 400 g/mol. The fraction of sp³-hybridized carbons (Fsp3) is 0.556. The number of carbonyl (C=O) groups excluding carboxylic acids is 1. The van der Waals surface area contributed by atoms with Gasteiger partial charge in [0.1, 0.15) is 6.04 Å². The number of nitrogens with one attached hydrogen (secondary N) is 2. The average Bonchev–Trinajstić information content (AvgIpc) is 2.59. The van der Waals surface area contributed by atoms with Gasteiger partial charge in [0.15, 0.2) is 0 Å². The Morgan fingerprint density at radius 1 is 1.38 bits per heavy atom. The molecule has 1 aliphatic heterocycles. The summed E-state index contributed by atoms with van der Waals surface area (Å²) in [6, 6.07) is 3.93. The summed E-state index contributed by atoms with van der Waals surface area (Å²) in [5.74, 6) is 0.358. The van der Waals surface area contributed by atoms with E-state index in [2.05, 4.69) is 22.5 Å². The molecule has 1 fully saturated rings. The number of aliphatic carboxylic acids is 1. The van der Waals surface area contributed by atoms with Gasteiger partial charge in [-0.3, -0.25) is 0 Å². The summed E-state index contributed by atoms with van der Waals surface area (Å²) in [7, 11) is 0. The quantitative estimate of drug-likeness (QED) is 0.647. The molecule has 1 aromatic carbocycles. The Kier molecular flexibility index (Phi) is 7.90. The molecule has 144 valence electrons. The number of carbonyl (C=O) groups is 2. The molecule has 0 aromatic heterocycles. The third-order valence-corrected chi connectivity index (χ3v) is 5.49. The highest BCUT2D eigenvalue weighted by Crippen LogP contribution is 2.31. The molecule has 1 atom stereocenters. The van der Waals surface area contributed by atoms with E-state index in [1.807, 2.05) is 12.3 Å². The molecule has 0 spiro atoms. The largest absolute Gasteiger partial charge is 0.480 e. The van der Waals surface area contributed by atoms with Gasteiger partial charge in [-0.1, -0.05) is 18.5 Å². The number of amides is 2. The Bertz CT molecular complexity index is 636. The smallest absolute Gasteiger partial charge is 0.326 e. The number of halogens is 1. The molecule has 1 heterocycles. The van der Waals surface area contributed by atoms with Crippen LogP contribution in [0.25, 0.3) is 0 Å². The van der Waals surface area contributed by atoms with E-state index in [-0.39, 0.29) is 0 Å². The van der Waals surface area contributed by atoms with Gasteiger partial charge in [-0.2, -0.15) is 11.8 Å². The van der Waals surface area contributed by atoms with Crippen LogP contribution < -0.4 is 15.5 Å². The Balaban J connectivity index is 1.95. The number of piperidine rings is 1.